The molecule has 1 aliphatic heterocycles. The van der Waals surface area contributed by atoms with Crippen molar-refractivity contribution in [1.29, 1.82) is 0 Å². The summed E-state index contributed by atoms with van der Waals surface area (Å²) in [6.07, 6.45) is 0.512. The van der Waals surface area contributed by atoms with Gasteiger partial charge in [-0.05, 0) is 16.3 Å². The maximum absolute atomic E-state index is 11.9. The number of alkyl halides is 1. The molecule has 1 saturated heterocycles. The maximum Gasteiger partial charge on any atom is 0.341 e. The molecule has 1 fully saturated rings. The zero-order valence-electron chi connectivity index (χ0n) is 10.3. The Morgan fingerprint density at radius 3 is 2.68 bits per heavy atom. The summed E-state index contributed by atoms with van der Waals surface area (Å²) in [5.74, 6) is -0.294. The highest BCUT2D eigenvalue weighted by Gasteiger charge is 2.45. The minimum absolute atomic E-state index is 0.0369. The van der Waals surface area contributed by atoms with Crippen LogP contribution in [0.3, 0.4) is 0 Å². The molecule has 19 heavy (non-hydrogen) atoms. The highest BCUT2D eigenvalue weighted by atomic mass is 79.9. The van der Waals surface area contributed by atoms with Gasteiger partial charge in [-0.3, -0.25) is 0 Å². The third-order valence-electron chi connectivity index (χ3n) is 3.47. The Labute approximate surface area is 119 Å². The van der Waals surface area contributed by atoms with Crippen molar-refractivity contribution in [1.82, 2.24) is 0 Å². The van der Waals surface area contributed by atoms with Gasteiger partial charge in [-0.2, -0.15) is 0 Å². The zero-order valence-corrected chi connectivity index (χ0v) is 11.9. The van der Waals surface area contributed by atoms with Crippen molar-refractivity contribution in [3.05, 3.63) is 48.0 Å². The first-order valence-electron chi connectivity index (χ1n) is 6.09. The standard InChI is InChI=1S/C15H13BrO3/c16-9-15(14(17)18-10-19-15)8-12-6-3-5-11-4-1-2-7-13(11)12/h1-7H,8-10H2/t15-/m0/s1. The largest absolute Gasteiger partial charge is 0.436 e. The fourth-order valence-electron chi connectivity index (χ4n) is 2.40. The molecule has 1 aliphatic rings. The molecule has 3 nitrogen and oxygen atoms in total. The highest BCUT2D eigenvalue weighted by molar-refractivity contribution is 9.09. The van der Waals surface area contributed by atoms with Crippen LogP contribution in [0.1, 0.15) is 5.56 Å². The van der Waals surface area contributed by atoms with Crippen LogP contribution >= 0.6 is 15.9 Å². The van der Waals surface area contributed by atoms with Crippen LogP contribution in [0.2, 0.25) is 0 Å². The first kappa shape index (κ1) is 12.6. The van der Waals surface area contributed by atoms with E-state index in [0.29, 0.717) is 11.8 Å². The van der Waals surface area contributed by atoms with Crippen LogP contribution in [0, 0.1) is 0 Å². The number of carbonyl (C=O) groups is 1. The molecule has 0 aromatic heterocycles. The van der Waals surface area contributed by atoms with Crippen molar-refractivity contribution >= 4 is 32.7 Å². The summed E-state index contributed by atoms with van der Waals surface area (Å²) in [5, 5.41) is 2.74. The van der Waals surface area contributed by atoms with E-state index in [1.165, 1.54) is 0 Å². The van der Waals surface area contributed by atoms with Gasteiger partial charge in [0.1, 0.15) is 0 Å². The third-order valence-corrected chi connectivity index (χ3v) is 4.37. The van der Waals surface area contributed by atoms with E-state index in [-0.39, 0.29) is 12.8 Å². The van der Waals surface area contributed by atoms with Crippen molar-refractivity contribution in [3.63, 3.8) is 0 Å². The van der Waals surface area contributed by atoms with Crippen molar-refractivity contribution in [2.24, 2.45) is 0 Å². The minimum atomic E-state index is -0.899. The first-order valence-corrected chi connectivity index (χ1v) is 7.21. The molecular formula is C15H13BrO3. The molecule has 2 aromatic carbocycles. The number of fused-ring (bicyclic) bond motifs is 1. The molecule has 1 heterocycles. The summed E-state index contributed by atoms with van der Waals surface area (Å²) < 4.78 is 10.5. The number of hydrogen-bond donors (Lipinski definition) is 0. The Bertz CT molecular complexity index is 620. The lowest BCUT2D eigenvalue weighted by molar-refractivity contribution is -0.142. The second kappa shape index (κ2) is 4.94. The van der Waals surface area contributed by atoms with Crippen LogP contribution in [0.15, 0.2) is 42.5 Å². The fraction of sp³-hybridized carbons (Fsp3) is 0.267. The van der Waals surface area contributed by atoms with E-state index >= 15 is 0 Å². The van der Waals surface area contributed by atoms with Crippen LogP contribution in [0.4, 0.5) is 0 Å². The van der Waals surface area contributed by atoms with E-state index in [1.54, 1.807) is 0 Å². The second-order valence-corrected chi connectivity index (χ2v) is 5.20. The van der Waals surface area contributed by atoms with Gasteiger partial charge in [0, 0.05) is 11.8 Å². The average Bonchev–Trinajstić information content (AvgIpc) is 2.81. The Kier molecular flexibility index (Phi) is 3.29. The van der Waals surface area contributed by atoms with Gasteiger partial charge in [0.15, 0.2) is 12.4 Å². The topological polar surface area (TPSA) is 35.5 Å². The Morgan fingerprint density at radius 1 is 1.16 bits per heavy atom. The minimum Gasteiger partial charge on any atom is -0.436 e. The van der Waals surface area contributed by atoms with Gasteiger partial charge in [0.05, 0.1) is 0 Å². The average molecular weight is 321 g/mol. The van der Waals surface area contributed by atoms with E-state index in [4.69, 9.17) is 9.47 Å². The number of hydrogen-bond acceptors (Lipinski definition) is 3. The van der Waals surface area contributed by atoms with Gasteiger partial charge in [-0.25, -0.2) is 4.79 Å². The number of carbonyl (C=O) groups excluding carboxylic acids is 1. The Hall–Kier alpha value is -1.39. The lowest BCUT2D eigenvalue weighted by atomic mass is 9.93. The van der Waals surface area contributed by atoms with Crippen molar-refractivity contribution in [3.8, 4) is 0 Å². The summed E-state index contributed by atoms with van der Waals surface area (Å²) in [6, 6.07) is 14.2. The molecular weight excluding hydrogens is 308 g/mol. The second-order valence-electron chi connectivity index (χ2n) is 4.64. The number of esters is 1. The molecule has 0 unspecified atom stereocenters. The van der Waals surface area contributed by atoms with E-state index in [2.05, 4.69) is 34.1 Å². The van der Waals surface area contributed by atoms with Crippen molar-refractivity contribution in [2.45, 2.75) is 12.0 Å². The smallest absolute Gasteiger partial charge is 0.341 e. The number of cyclic esters (lactones) is 1. The summed E-state index contributed by atoms with van der Waals surface area (Å²) >= 11 is 3.37. The molecule has 2 aromatic rings. The molecule has 0 aliphatic carbocycles. The molecule has 0 amide bonds. The first-order chi connectivity index (χ1) is 9.25. The molecule has 1 atom stereocenters. The van der Waals surface area contributed by atoms with E-state index in [0.717, 1.165) is 16.3 Å². The lowest BCUT2D eigenvalue weighted by Gasteiger charge is -2.21. The van der Waals surface area contributed by atoms with E-state index in [9.17, 15) is 4.79 Å². The summed E-state index contributed by atoms with van der Waals surface area (Å²) in [4.78, 5) is 11.9. The van der Waals surface area contributed by atoms with E-state index in [1.807, 2.05) is 24.3 Å². The molecule has 0 radical (unpaired) electrons. The van der Waals surface area contributed by atoms with Crippen molar-refractivity contribution in [2.75, 3.05) is 12.1 Å². The molecule has 0 saturated carbocycles. The van der Waals surface area contributed by atoms with E-state index < -0.39 is 5.60 Å². The van der Waals surface area contributed by atoms with Crippen molar-refractivity contribution < 1.29 is 14.3 Å². The van der Waals surface area contributed by atoms with Crippen LogP contribution in [0.25, 0.3) is 10.8 Å². The number of rotatable bonds is 3. The van der Waals surface area contributed by atoms with Gasteiger partial charge in [-0.1, -0.05) is 58.4 Å². The number of benzene rings is 2. The molecule has 0 bridgehead atoms. The van der Waals surface area contributed by atoms with Gasteiger partial charge >= 0.3 is 5.97 Å². The summed E-state index contributed by atoms with van der Waals surface area (Å²) in [6.45, 7) is 0.0369. The van der Waals surface area contributed by atoms with Gasteiger partial charge in [0.25, 0.3) is 0 Å². The monoisotopic (exact) mass is 320 g/mol. The molecule has 3 rings (SSSR count). The molecule has 4 heteroatoms. The predicted octanol–water partition coefficient (Wildman–Crippen LogP) is 3.05. The molecule has 98 valence electrons. The van der Waals surface area contributed by atoms with Gasteiger partial charge < -0.3 is 9.47 Å². The van der Waals surface area contributed by atoms with Gasteiger partial charge in [0.2, 0.25) is 0 Å². The SMILES string of the molecule is O=C1OCO[C@]1(CBr)Cc1cccc2ccccc12. The zero-order chi connectivity index (χ0) is 13.3. The van der Waals surface area contributed by atoms with Crippen LogP contribution < -0.4 is 0 Å². The number of ether oxygens (including phenoxy) is 2. The Morgan fingerprint density at radius 2 is 1.95 bits per heavy atom. The highest BCUT2D eigenvalue weighted by Crippen LogP contribution is 2.30. The molecule has 0 N–H and O–H groups in total. The van der Waals surface area contributed by atoms with Gasteiger partial charge in [-0.15, -0.1) is 0 Å². The normalized spacial score (nSPS) is 22.7. The van der Waals surface area contributed by atoms with Crippen LogP contribution in [-0.2, 0) is 20.7 Å². The maximum atomic E-state index is 11.9. The summed E-state index contributed by atoms with van der Waals surface area (Å²) in [7, 11) is 0. The third kappa shape index (κ3) is 2.15. The van der Waals surface area contributed by atoms with Crippen LogP contribution in [0.5, 0.6) is 0 Å². The lowest BCUT2D eigenvalue weighted by Crippen LogP contribution is -2.40. The molecule has 0 spiro atoms. The predicted molar refractivity (Wildman–Crippen MR) is 76.2 cm³/mol. The Balaban J connectivity index is 2.03. The number of halogens is 1. The quantitative estimate of drug-likeness (QED) is 0.644. The fourth-order valence-corrected chi connectivity index (χ4v) is 2.99. The summed E-state index contributed by atoms with van der Waals surface area (Å²) in [5.41, 5.74) is 0.195. The van der Waals surface area contributed by atoms with Crippen LogP contribution in [-0.4, -0.2) is 23.7 Å².